The standard InChI is InChI=1S/C27H48O5/c1-16(15-28)6-5-7-17(2)21-13-22(30)24-19-12-23(31)27(32)14-18(29)8-11-26(27,4)20(19)9-10-25(21,24)3/h16-24,28-32H,5-15H2,1-4H3/t16-,17+,18-,19+,20-,21+,22-,23+,24+,25+,26+,27-/m0/s1. The van der Waals surface area contributed by atoms with Crippen LogP contribution in [0.4, 0.5) is 0 Å². The predicted octanol–water partition coefficient (Wildman–Crippen LogP) is 3.50. The van der Waals surface area contributed by atoms with E-state index in [1.54, 1.807) is 0 Å². The molecule has 12 atom stereocenters. The molecule has 0 aromatic carbocycles. The molecule has 5 nitrogen and oxygen atoms in total. The SMILES string of the molecule is C[C@H](CO)CCC[C@@H](C)[C@H]1C[C@H](O)[C@H]2[C@@H]3C[C@@H](O)[C@@]4(O)C[C@@H](O)CC[C@]4(C)[C@H]3CC[C@@]21C. The predicted molar refractivity (Wildman–Crippen MR) is 125 cm³/mol. The van der Waals surface area contributed by atoms with E-state index in [4.69, 9.17) is 0 Å². The normalized spacial score (nSPS) is 52.6. The Balaban J connectivity index is 1.54. The second-order valence-corrected chi connectivity index (χ2v) is 12.9. The topological polar surface area (TPSA) is 101 Å². The molecule has 4 aliphatic carbocycles. The summed E-state index contributed by atoms with van der Waals surface area (Å²) in [5.74, 6) is 2.06. The van der Waals surface area contributed by atoms with Gasteiger partial charge in [-0.15, -0.1) is 0 Å². The Morgan fingerprint density at radius 2 is 1.69 bits per heavy atom. The summed E-state index contributed by atoms with van der Waals surface area (Å²) in [5.41, 5.74) is -1.55. The monoisotopic (exact) mass is 452 g/mol. The fourth-order valence-electron chi connectivity index (χ4n) is 9.34. The minimum absolute atomic E-state index is 0.0717. The van der Waals surface area contributed by atoms with Gasteiger partial charge in [0.25, 0.3) is 0 Å². The molecule has 186 valence electrons. The third-order valence-corrected chi connectivity index (χ3v) is 11.2. The van der Waals surface area contributed by atoms with Crippen LogP contribution in [-0.2, 0) is 0 Å². The largest absolute Gasteiger partial charge is 0.396 e. The van der Waals surface area contributed by atoms with Gasteiger partial charge < -0.3 is 25.5 Å². The first kappa shape index (κ1) is 24.9. The molecule has 0 aromatic rings. The van der Waals surface area contributed by atoms with Crippen LogP contribution in [0.1, 0.15) is 91.9 Å². The van der Waals surface area contributed by atoms with Gasteiger partial charge in [0.15, 0.2) is 0 Å². The van der Waals surface area contributed by atoms with Crippen molar-refractivity contribution in [3.63, 3.8) is 0 Å². The van der Waals surface area contributed by atoms with Gasteiger partial charge in [-0.1, -0.05) is 40.5 Å². The van der Waals surface area contributed by atoms with E-state index in [2.05, 4.69) is 27.7 Å². The molecule has 32 heavy (non-hydrogen) atoms. The van der Waals surface area contributed by atoms with Crippen LogP contribution in [-0.4, -0.2) is 56.1 Å². The van der Waals surface area contributed by atoms with Crippen LogP contribution in [0.3, 0.4) is 0 Å². The molecular weight excluding hydrogens is 404 g/mol. The Kier molecular flexibility index (Phi) is 6.84. The van der Waals surface area contributed by atoms with Gasteiger partial charge >= 0.3 is 0 Å². The first-order chi connectivity index (χ1) is 15.0. The minimum atomic E-state index is -1.22. The third-order valence-electron chi connectivity index (χ3n) is 11.2. The van der Waals surface area contributed by atoms with Gasteiger partial charge in [-0.2, -0.15) is 0 Å². The molecule has 0 unspecified atom stereocenters. The molecule has 0 radical (unpaired) electrons. The van der Waals surface area contributed by atoms with E-state index in [1.807, 2.05) is 0 Å². The van der Waals surface area contributed by atoms with Crippen molar-refractivity contribution in [1.82, 2.24) is 0 Å². The third kappa shape index (κ3) is 3.69. The molecule has 0 bridgehead atoms. The quantitative estimate of drug-likeness (QED) is 0.425. The van der Waals surface area contributed by atoms with Crippen LogP contribution in [0.5, 0.6) is 0 Å². The van der Waals surface area contributed by atoms with Crippen molar-refractivity contribution in [2.24, 2.45) is 46.3 Å². The Bertz CT molecular complexity index is 670. The smallest absolute Gasteiger partial charge is 0.0985 e. The van der Waals surface area contributed by atoms with Crippen molar-refractivity contribution < 1.29 is 25.5 Å². The Morgan fingerprint density at radius 1 is 0.969 bits per heavy atom. The maximum Gasteiger partial charge on any atom is 0.0985 e. The van der Waals surface area contributed by atoms with Crippen LogP contribution in [0, 0.1) is 46.3 Å². The summed E-state index contributed by atoms with van der Waals surface area (Å²) in [7, 11) is 0. The molecule has 0 saturated heterocycles. The van der Waals surface area contributed by atoms with Gasteiger partial charge in [0.05, 0.1) is 23.9 Å². The highest BCUT2D eigenvalue weighted by Gasteiger charge is 2.68. The maximum atomic E-state index is 11.6. The van der Waals surface area contributed by atoms with Crippen LogP contribution >= 0.6 is 0 Å². The highest BCUT2D eigenvalue weighted by molar-refractivity contribution is 5.18. The van der Waals surface area contributed by atoms with Crippen molar-refractivity contribution in [3.05, 3.63) is 0 Å². The first-order valence-electron chi connectivity index (χ1n) is 13.4. The Hall–Kier alpha value is -0.200. The van der Waals surface area contributed by atoms with Crippen molar-refractivity contribution in [3.8, 4) is 0 Å². The zero-order chi connectivity index (χ0) is 23.5. The van der Waals surface area contributed by atoms with Crippen molar-refractivity contribution >= 4 is 0 Å². The molecular formula is C27H48O5. The van der Waals surface area contributed by atoms with Crippen LogP contribution < -0.4 is 0 Å². The molecule has 0 aromatic heterocycles. The number of fused-ring (bicyclic) bond motifs is 5. The van der Waals surface area contributed by atoms with Crippen LogP contribution in [0.25, 0.3) is 0 Å². The molecule has 0 amide bonds. The van der Waals surface area contributed by atoms with E-state index in [0.29, 0.717) is 30.6 Å². The molecule has 5 N–H and O–H groups in total. The zero-order valence-electron chi connectivity index (χ0n) is 20.7. The van der Waals surface area contributed by atoms with Crippen LogP contribution in [0.2, 0.25) is 0 Å². The lowest BCUT2D eigenvalue weighted by Crippen LogP contribution is -2.69. The summed E-state index contributed by atoms with van der Waals surface area (Å²) in [4.78, 5) is 0. The van der Waals surface area contributed by atoms with E-state index in [-0.39, 0.29) is 42.3 Å². The first-order valence-corrected chi connectivity index (χ1v) is 13.4. The van der Waals surface area contributed by atoms with Crippen molar-refractivity contribution in [2.75, 3.05) is 6.61 Å². The summed E-state index contributed by atoms with van der Waals surface area (Å²) in [6.07, 6.45) is 6.78. The summed E-state index contributed by atoms with van der Waals surface area (Å²) in [6.45, 7) is 9.24. The average Bonchev–Trinajstić information content (AvgIpc) is 3.01. The minimum Gasteiger partial charge on any atom is -0.396 e. The number of aliphatic hydroxyl groups excluding tert-OH is 4. The van der Waals surface area contributed by atoms with Gasteiger partial charge in [0.1, 0.15) is 0 Å². The van der Waals surface area contributed by atoms with Crippen molar-refractivity contribution in [2.45, 2.75) is 116 Å². The summed E-state index contributed by atoms with van der Waals surface area (Å²) in [5, 5.41) is 53.7. The van der Waals surface area contributed by atoms with Gasteiger partial charge in [-0.3, -0.25) is 0 Å². The molecule has 4 rings (SSSR count). The van der Waals surface area contributed by atoms with Crippen LogP contribution in [0.15, 0.2) is 0 Å². The van der Waals surface area contributed by atoms with Gasteiger partial charge in [-0.05, 0) is 85.9 Å². The molecule has 0 aliphatic heterocycles. The molecule has 5 heteroatoms. The molecule has 4 aliphatic rings. The highest BCUT2D eigenvalue weighted by atomic mass is 16.3. The second-order valence-electron chi connectivity index (χ2n) is 12.9. The lowest BCUT2D eigenvalue weighted by Gasteiger charge is -2.65. The fourth-order valence-corrected chi connectivity index (χ4v) is 9.34. The Labute approximate surface area is 194 Å². The van der Waals surface area contributed by atoms with Gasteiger partial charge in [-0.25, -0.2) is 0 Å². The van der Waals surface area contributed by atoms with Gasteiger partial charge in [0.2, 0.25) is 0 Å². The second kappa shape index (κ2) is 8.78. The zero-order valence-corrected chi connectivity index (χ0v) is 20.7. The molecule has 0 heterocycles. The lowest BCUT2D eigenvalue weighted by atomic mass is 9.42. The fraction of sp³-hybridized carbons (Fsp3) is 1.00. The van der Waals surface area contributed by atoms with Crippen molar-refractivity contribution in [1.29, 1.82) is 0 Å². The maximum absolute atomic E-state index is 11.6. The average molecular weight is 453 g/mol. The summed E-state index contributed by atoms with van der Waals surface area (Å²) in [6, 6.07) is 0. The number of rotatable bonds is 6. The molecule has 4 fully saturated rings. The van der Waals surface area contributed by atoms with E-state index in [9.17, 15) is 25.5 Å². The van der Waals surface area contributed by atoms with E-state index >= 15 is 0 Å². The van der Waals surface area contributed by atoms with Gasteiger partial charge in [0, 0.05) is 18.4 Å². The Morgan fingerprint density at radius 3 is 2.38 bits per heavy atom. The van der Waals surface area contributed by atoms with E-state index in [0.717, 1.165) is 44.9 Å². The number of aliphatic hydroxyl groups is 5. The summed E-state index contributed by atoms with van der Waals surface area (Å²) < 4.78 is 0. The van der Waals surface area contributed by atoms with E-state index < -0.39 is 23.2 Å². The van der Waals surface area contributed by atoms with E-state index in [1.165, 1.54) is 0 Å². The summed E-state index contributed by atoms with van der Waals surface area (Å²) >= 11 is 0. The molecule has 0 spiro atoms. The lowest BCUT2D eigenvalue weighted by molar-refractivity contribution is -0.268. The molecule has 4 saturated carbocycles. The number of hydrogen-bond donors (Lipinski definition) is 5. The number of hydrogen-bond acceptors (Lipinski definition) is 5. The highest BCUT2D eigenvalue weighted by Crippen LogP contribution is 2.69.